The monoisotopic (exact) mass is 302 g/mol. The summed E-state index contributed by atoms with van der Waals surface area (Å²) in [6, 6.07) is 4.30. The van der Waals surface area contributed by atoms with E-state index in [4.69, 9.17) is 0 Å². The van der Waals surface area contributed by atoms with E-state index in [9.17, 15) is 0 Å². The van der Waals surface area contributed by atoms with Gasteiger partial charge in [0.1, 0.15) is 0 Å². The van der Waals surface area contributed by atoms with Crippen LogP contribution in [0.4, 0.5) is 0 Å². The van der Waals surface area contributed by atoms with Crippen LogP contribution in [0.15, 0.2) is 15.9 Å². The maximum Gasteiger partial charge on any atom is 0.0701 e. The van der Waals surface area contributed by atoms with Crippen LogP contribution in [0.2, 0.25) is 0 Å². The van der Waals surface area contributed by atoms with Gasteiger partial charge in [0, 0.05) is 23.5 Å². The molecular weight excluding hydrogens is 284 g/mol. The molecular formula is C12H19BrN2S. The molecule has 1 aliphatic carbocycles. The van der Waals surface area contributed by atoms with Crippen LogP contribution >= 0.6 is 27.3 Å². The van der Waals surface area contributed by atoms with Crippen molar-refractivity contribution >= 4 is 27.3 Å². The Kier molecular flexibility index (Phi) is 4.06. The molecule has 0 bridgehead atoms. The lowest BCUT2D eigenvalue weighted by molar-refractivity contribution is 0.0599. The van der Waals surface area contributed by atoms with Gasteiger partial charge in [-0.25, -0.2) is 0 Å². The van der Waals surface area contributed by atoms with Gasteiger partial charge in [-0.3, -0.25) is 0 Å². The van der Waals surface area contributed by atoms with E-state index in [1.807, 2.05) is 11.3 Å². The number of nitrogens with one attached hydrogen (secondary N) is 1. The zero-order valence-electron chi connectivity index (χ0n) is 9.92. The molecule has 0 spiro atoms. The van der Waals surface area contributed by atoms with Crippen LogP contribution in [0.25, 0.3) is 0 Å². The normalized spacial score (nSPS) is 18.8. The second-order valence-corrected chi connectivity index (χ2v) is 7.33. The molecule has 1 heterocycles. The molecule has 1 saturated carbocycles. The van der Waals surface area contributed by atoms with Gasteiger partial charge in [0.15, 0.2) is 0 Å². The molecule has 1 aromatic rings. The van der Waals surface area contributed by atoms with Crippen LogP contribution < -0.4 is 5.32 Å². The van der Waals surface area contributed by atoms with Crippen molar-refractivity contribution in [3.8, 4) is 0 Å². The number of rotatable bonds is 5. The summed E-state index contributed by atoms with van der Waals surface area (Å²) < 4.78 is 1.22. The second kappa shape index (κ2) is 5.17. The minimum Gasteiger partial charge on any atom is -0.310 e. The number of thiophene rings is 1. The van der Waals surface area contributed by atoms with E-state index in [2.05, 4.69) is 52.4 Å². The lowest BCUT2D eigenvalue weighted by Crippen LogP contribution is -2.56. The molecule has 0 radical (unpaired) electrons. The van der Waals surface area contributed by atoms with Crippen molar-refractivity contribution in [2.75, 3.05) is 20.6 Å². The molecule has 0 unspecified atom stereocenters. The average Bonchev–Trinajstić information content (AvgIpc) is 2.55. The van der Waals surface area contributed by atoms with Crippen molar-refractivity contribution in [1.29, 1.82) is 0 Å². The standard InChI is InChI=1S/C12H19BrN2S/c1-15(2)12(6-3-7-12)9-14-8-10-4-5-11(13)16-10/h4-5,14H,3,6-9H2,1-2H3. The van der Waals surface area contributed by atoms with E-state index < -0.39 is 0 Å². The highest BCUT2D eigenvalue weighted by Gasteiger charge is 2.38. The largest absolute Gasteiger partial charge is 0.310 e. The van der Waals surface area contributed by atoms with E-state index >= 15 is 0 Å². The predicted octanol–water partition coefficient (Wildman–Crippen LogP) is 3.08. The highest BCUT2D eigenvalue weighted by molar-refractivity contribution is 9.11. The first-order valence-electron chi connectivity index (χ1n) is 5.75. The van der Waals surface area contributed by atoms with E-state index in [0.29, 0.717) is 5.54 Å². The molecule has 1 fully saturated rings. The minimum atomic E-state index is 0.425. The van der Waals surface area contributed by atoms with E-state index in [0.717, 1.165) is 13.1 Å². The Morgan fingerprint density at radius 2 is 2.19 bits per heavy atom. The molecule has 2 nitrogen and oxygen atoms in total. The third-order valence-corrected chi connectivity index (χ3v) is 5.24. The van der Waals surface area contributed by atoms with Crippen LogP contribution in [0.3, 0.4) is 0 Å². The Balaban J connectivity index is 1.79. The van der Waals surface area contributed by atoms with Crippen LogP contribution in [0.1, 0.15) is 24.1 Å². The van der Waals surface area contributed by atoms with Gasteiger partial charge < -0.3 is 10.2 Å². The van der Waals surface area contributed by atoms with Crippen LogP contribution in [-0.4, -0.2) is 31.1 Å². The van der Waals surface area contributed by atoms with Crippen molar-refractivity contribution in [2.45, 2.75) is 31.3 Å². The van der Waals surface area contributed by atoms with Gasteiger partial charge in [0.05, 0.1) is 3.79 Å². The number of hydrogen-bond acceptors (Lipinski definition) is 3. The van der Waals surface area contributed by atoms with Gasteiger partial charge >= 0.3 is 0 Å². The molecule has 1 aliphatic rings. The van der Waals surface area contributed by atoms with Gasteiger partial charge in [-0.2, -0.15) is 0 Å². The van der Waals surface area contributed by atoms with Gasteiger partial charge in [0.2, 0.25) is 0 Å². The fourth-order valence-corrected chi connectivity index (χ4v) is 3.68. The maximum absolute atomic E-state index is 3.59. The topological polar surface area (TPSA) is 15.3 Å². The zero-order chi connectivity index (χ0) is 11.6. The molecule has 16 heavy (non-hydrogen) atoms. The molecule has 0 aromatic carbocycles. The number of hydrogen-bond donors (Lipinski definition) is 1. The molecule has 90 valence electrons. The van der Waals surface area contributed by atoms with Crippen molar-refractivity contribution in [3.05, 3.63) is 20.8 Å². The Labute approximate surface area is 110 Å². The van der Waals surface area contributed by atoms with Crippen molar-refractivity contribution in [2.24, 2.45) is 0 Å². The van der Waals surface area contributed by atoms with E-state index in [-0.39, 0.29) is 0 Å². The molecule has 1 aromatic heterocycles. The van der Waals surface area contributed by atoms with E-state index in [1.54, 1.807) is 0 Å². The SMILES string of the molecule is CN(C)C1(CNCc2ccc(Br)s2)CCC1. The second-order valence-electron chi connectivity index (χ2n) is 4.78. The highest BCUT2D eigenvalue weighted by atomic mass is 79.9. The first-order chi connectivity index (χ1) is 7.62. The lowest BCUT2D eigenvalue weighted by atomic mass is 9.75. The Morgan fingerprint density at radius 3 is 2.62 bits per heavy atom. The smallest absolute Gasteiger partial charge is 0.0701 e. The third-order valence-electron chi connectivity index (χ3n) is 3.62. The number of halogens is 1. The predicted molar refractivity (Wildman–Crippen MR) is 74.0 cm³/mol. The quantitative estimate of drug-likeness (QED) is 0.899. The minimum absolute atomic E-state index is 0.425. The molecule has 0 amide bonds. The summed E-state index contributed by atoms with van der Waals surface area (Å²) in [7, 11) is 4.39. The first kappa shape index (κ1) is 12.6. The molecule has 0 atom stereocenters. The maximum atomic E-state index is 3.59. The number of likely N-dealkylation sites (N-methyl/N-ethyl adjacent to an activating group) is 1. The summed E-state index contributed by atoms with van der Waals surface area (Å²) in [4.78, 5) is 3.79. The third kappa shape index (κ3) is 2.67. The first-order valence-corrected chi connectivity index (χ1v) is 7.36. The Bertz CT molecular complexity index is 345. The van der Waals surface area contributed by atoms with Crippen molar-refractivity contribution in [1.82, 2.24) is 10.2 Å². The summed E-state index contributed by atoms with van der Waals surface area (Å²) >= 11 is 5.31. The average molecular weight is 303 g/mol. The summed E-state index contributed by atoms with van der Waals surface area (Å²) in [5.74, 6) is 0. The fraction of sp³-hybridized carbons (Fsp3) is 0.667. The number of nitrogens with zero attached hydrogens (tertiary/aromatic N) is 1. The van der Waals surface area contributed by atoms with Gasteiger partial charge in [-0.15, -0.1) is 11.3 Å². The summed E-state index contributed by atoms with van der Waals surface area (Å²) in [5.41, 5.74) is 0.425. The van der Waals surface area contributed by atoms with Crippen LogP contribution in [-0.2, 0) is 6.54 Å². The van der Waals surface area contributed by atoms with Crippen molar-refractivity contribution < 1.29 is 0 Å². The van der Waals surface area contributed by atoms with Gasteiger partial charge in [-0.05, 0) is 61.4 Å². The molecule has 2 rings (SSSR count). The summed E-state index contributed by atoms with van der Waals surface area (Å²) in [6.07, 6.45) is 4.05. The summed E-state index contributed by atoms with van der Waals surface area (Å²) in [6.45, 7) is 2.10. The highest BCUT2D eigenvalue weighted by Crippen LogP contribution is 2.35. The lowest BCUT2D eigenvalue weighted by Gasteiger charge is -2.47. The van der Waals surface area contributed by atoms with Gasteiger partial charge in [-0.1, -0.05) is 0 Å². The van der Waals surface area contributed by atoms with Gasteiger partial charge in [0.25, 0.3) is 0 Å². The van der Waals surface area contributed by atoms with Crippen molar-refractivity contribution in [3.63, 3.8) is 0 Å². The fourth-order valence-electron chi connectivity index (χ4n) is 2.23. The Hall–Kier alpha value is 0.1000. The Morgan fingerprint density at radius 1 is 1.44 bits per heavy atom. The molecule has 1 N–H and O–H groups in total. The molecule has 0 aliphatic heterocycles. The van der Waals surface area contributed by atoms with Crippen LogP contribution in [0, 0.1) is 0 Å². The zero-order valence-corrected chi connectivity index (χ0v) is 12.3. The van der Waals surface area contributed by atoms with E-state index in [1.165, 1.54) is 27.9 Å². The molecule has 0 saturated heterocycles. The summed E-state index contributed by atoms with van der Waals surface area (Å²) in [5, 5.41) is 3.59. The molecule has 4 heteroatoms. The van der Waals surface area contributed by atoms with Crippen LogP contribution in [0.5, 0.6) is 0 Å².